The van der Waals surface area contributed by atoms with Crippen molar-refractivity contribution < 1.29 is 0 Å². The molecule has 0 atom stereocenters. The van der Waals surface area contributed by atoms with E-state index in [1.54, 1.807) is 11.1 Å². The minimum absolute atomic E-state index is 1.17. The summed E-state index contributed by atoms with van der Waals surface area (Å²) in [6.07, 6.45) is 9.32. The smallest absolute Gasteiger partial charge is 0.0308 e. The van der Waals surface area contributed by atoms with Crippen molar-refractivity contribution in [1.82, 2.24) is 0 Å². The minimum Gasteiger partial charge on any atom is -0.0874 e. The number of hydrogen-bond acceptors (Lipinski definition) is 0. The van der Waals surface area contributed by atoms with Crippen molar-refractivity contribution in [3.63, 3.8) is 0 Å². The van der Waals surface area contributed by atoms with E-state index in [1.165, 1.54) is 25.7 Å². The summed E-state index contributed by atoms with van der Waals surface area (Å²) in [6, 6.07) is 0. The third kappa shape index (κ3) is 3.75. The SMILES string of the molecule is C/C=C\C(CC)=C(/CC)CCC. The van der Waals surface area contributed by atoms with Gasteiger partial charge in [0.1, 0.15) is 0 Å². The van der Waals surface area contributed by atoms with E-state index in [0.717, 1.165) is 0 Å². The van der Waals surface area contributed by atoms with Gasteiger partial charge in [0, 0.05) is 0 Å². The van der Waals surface area contributed by atoms with E-state index in [0.29, 0.717) is 0 Å². The molecule has 0 bridgehead atoms. The van der Waals surface area contributed by atoms with Crippen LogP contribution >= 0.6 is 0 Å². The summed E-state index contributed by atoms with van der Waals surface area (Å²) in [7, 11) is 0. The normalized spacial score (nSPS) is 13.7. The largest absolute Gasteiger partial charge is 0.0874 e. The van der Waals surface area contributed by atoms with Crippen LogP contribution in [0.4, 0.5) is 0 Å². The average Bonchev–Trinajstić information content (AvgIpc) is 2.11. The summed E-state index contributed by atoms with van der Waals surface area (Å²) >= 11 is 0. The molecule has 0 aromatic heterocycles. The van der Waals surface area contributed by atoms with E-state index in [1.807, 2.05) is 0 Å². The van der Waals surface area contributed by atoms with Gasteiger partial charge in [0.25, 0.3) is 0 Å². The third-order valence-electron chi connectivity index (χ3n) is 2.18. The molecule has 12 heavy (non-hydrogen) atoms. The first kappa shape index (κ1) is 11.5. The van der Waals surface area contributed by atoms with E-state index >= 15 is 0 Å². The summed E-state index contributed by atoms with van der Waals surface area (Å²) in [6.45, 7) is 8.83. The molecule has 0 heterocycles. The van der Waals surface area contributed by atoms with Gasteiger partial charge in [-0.3, -0.25) is 0 Å². The Labute approximate surface area is 77.4 Å². The number of rotatable bonds is 5. The Balaban J connectivity index is 4.48. The maximum atomic E-state index is 2.26. The second-order valence-corrected chi connectivity index (χ2v) is 3.09. The molecule has 0 aromatic carbocycles. The summed E-state index contributed by atoms with van der Waals surface area (Å²) < 4.78 is 0. The Bertz CT molecular complexity index is 161. The van der Waals surface area contributed by atoms with Gasteiger partial charge in [-0.25, -0.2) is 0 Å². The molecular formula is C12H22. The minimum atomic E-state index is 1.17. The molecule has 0 aromatic rings. The van der Waals surface area contributed by atoms with Crippen molar-refractivity contribution in [2.24, 2.45) is 0 Å². The van der Waals surface area contributed by atoms with Gasteiger partial charge < -0.3 is 0 Å². The lowest BCUT2D eigenvalue weighted by Gasteiger charge is -2.07. The van der Waals surface area contributed by atoms with Crippen molar-refractivity contribution in [2.75, 3.05) is 0 Å². The molecule has 0 saturated carbocycles. The van der Waals surface area contributed by atoms with Gasteiger partial charge in [-0.05, 0) is 31.8 Å². The highest BCUT2D eigenvalue weighted by Gasteiger charge is 1.98. The Morgan fingerprint density at radius 1 is 1.08 bits per heavy atom. The highest BCUT2D eigenvalue weighted by molar-refractivity contribution is 5.25. The highest BCUT2D eigenvalue weighted by atomic mass is 14.0. The predicted molar refractivity (Wildman–Crippen MR) is 57.3 cm³/mol. The van der Waals surface area contributed by atoms with Crippen LogP contribution in [0, 0.1) is 0 Å². The van der Waals surface area contributed by atoms with Crippen molar-refractivity contribution in [3.8, 4) is 0 Å². The monoisotopic (exact) mass is 166 g/mol. The Kier molecular flexibility index (Phi) is 6.84. The highest BCUT2D eigenvalue weighted by Crippen LogP contribution is 2.18. The lowest BCUT2D eigenvalue weighted by atomic mass is 9.99. The van der Waals surface area contributed by atoms with Gasteiger partial charge in [-0.2, -0.15) is 0 Å². The molecule has 0 saturated heterocycles. The van der Waals surface area contributed by atoms with Gasteiger partial charge in [0.2, 0.25) is 0 Å². The fraction of sp³-hybridized carbons (Fsp3) is 0.667. The lowest BCUT2D eigenvalue weighted by molar-refractivity contribution is 0.836. The predicted octanol–water partition coefficient (Wildman–Crippen LogP) is 4.48. The molecule has 0 spiro atoms. The second kappa shape index (κ2) is 7.15. The zero-order valence-electron chi connectivity index (χ0n) is 8.98. The van der Waals surface area contributed by atoms with Gasteiger partial charge in [0.05, 0.1) is 0 Å². The van der Waals surface area contributed by atoms with Crippen molar-refractivity contribution in [2.45, 2.75) is 53.4 Å². The maximum Gasteiger partial charge on any atom is -0.0308 e. The van der Waals surface area contributed by atoms with Crippen LogP contribution in [0.15, 0.2) is 23.3 Å². The fourth-order valence-electron chi connectivity index (χ4n) is 1.55. The zero-order chi connectivity index (χ0) is 9.40. The Hall–Kier alpha value is -0.520. The second-order valence-electron chi connectivity index (χ2n) is 3.09. The Morgan fingerprint density at radius 2 is 1.75 bits per heavy atom. The van der Waals surface area contributed by atoms with Gasteiger partial charge >= 0.3 is 0 Å². The molecule has 0 nitrogen and oxygen atoms in total. The number of allylic oxidation sites excluding steroid dienone is 4. The van der Waals surface area contributed by atoms with E-state index < -0.39 is 0 Å². The van der Waals surface area contributed by atoms with E-state index in [4.69, 9.17) is 0 Å². The molecule has 0 amide bonds. The van der Waals surface area contributed by atoms with Crippen molar-refractivity contribution in [3.05, 3.63) is 23.3 Å². The van der Waals surface area contributed by atoms with Crippen LogP contribution in [-0.4, -0.2) is 0 Å². The fourth-order valence-corrected chi connectivity index (χ4v) is 1.55. The average molecular weight is 166 g/mol. The first-order valence-corrected chi connectivity index (χ1v) is 5.13. The first-order valence-electron chi connectivity index (χ1n) is 5.13. The van der Waals surface area contributed by atoms with E-state index in [9.17, 15) is 0 Å². The number of hydrogen-bond donors (Lipinski definition) is 0. The zero-order valence-corrected chi connectivity index (χ0v) is 8.98. The molecule has 0 fully saturated rings. The van der Waals surface area contributed by atoms with Crippen LogP contribution < -0.4 is 0 Å². The van der Waals surface area contributed by atoms with E-state index in [2.05, 4.69) is 39.8 Å². The standard InChI is InChI=1S/C12H22/c1-5-9-11(7-3)12(8-4)10-6-2/h5,9H,6-8,10H2,1-4H3/b9-5-,12-11+. The van der Waals surface area contributed by atoms with Crippen LogP contribution in [0.3, 0.4) is 0 Å². The first-order chi connectivity index (χ1) is 5.79. The molecule has 0 radical (unpaired) electrons. The topological polar surface area (TPSA) is 0 Å². The third-order valence-corrected chi connectivity index (χ3v) is 2.18. The van der Waals surface area contributed by atoms with Gasteiger partial charge in [-0.15, -0.1) is 0 Å². The quantitative estimate of drug-likeness (QED) is 0.528. The summed E-state index contributed by atoms with van der Waals surface area (Å²) in [5, 5.41) is 0. The lowest BCUT2D eigenvalue weighted by Crippen LogP contribution is -1.87. The summed E-state index contributed by atoms with van der Waals surface area (Å²) in [5.74, 6) is 0. The molecule has 0 aliphatic rings. The summed E-state index contributed by atoms with van der Waals surface area (Å²) in [4.78, 5) is 0. The Morgan fingerprint density at radius 3 is 2.08 bits per heavy atom. The maximum absolute atomic E-state index is 2.26. The van der Waals surface area contributed by atoms with Crippen LogP contribution in [0.2, 0.25) is 0 Å². The van der Waals surface area contributed by atoms with Crippen molar-refractivity contribution >= 4 is 0 Å². The molecular weight excluding hydrogens is 144 g/mol. The molecule has 0 unspecified atom stereocenters. The van der Waals surface area contributed by atoms with E-state index in [-0.39, 0.29) is 0 Å². The molecule has 0 heteroatoms. The molecule has 0 aliphatic carbocycles. The van der Waals surface area contributed by atoms with Gasteiger partial charge in [-0.1, -0.05) is 44.9 Å². The van der Waals surface area contributed by atoms with Gasteiger partial charge in [0.15, 0.2) is 0 Å². The molecule has 70 valence electrons. The summed E-state index contributed by atoms with van der Waals surface area (Å²) in [5.41, 5.74) is 3.18. The molecule has 0 rings (SSSR count). The molecule has 0 aliphatic heterocycles. The van der Waals surface area contributed by atoms with Crippen LogP contribution in [-0.2, 0) is 0 Å². The van der Waals surface area contributed by atoms with Crippen molar-refractivity contribution in [1.29, 1.82) is 0 Å². The molecule has 0 N–H and O–H groups in total. The van der Waals surface area contributed by atoms with Crippen LogP contribution in [0.25, 0.3) is 0 Å². The van der Waals surface area contributed by atoms with Crippen LogP contribution in [0.1, 0.15) is 53.4 Å². The van der Waals surface area contributed by atoms with Crippen LogP contribution in [0.5, 0.6) is 0 Å².